The molecule has 1 aromatic carbocycles. The van der Waals surface area contributed by atoms with Gasteiger partial charge in [-0.05, 0) is 18.4 Å². The number of hydrogen-bond acceptors (Lipinski definition) is 1. The molecule has 0 aliphatic heterocycles. The summed E-state index contributed by atoms with van der Waals surface area (Å²) >= 11 is 0. The second-order valence-electron chi connectivity index (χ2n) is 4.37. The molecule has 1 aromatic rings. The predicted molar refractivity (Wildman–Crippen MR) is 65.1 cm³/mol. The maximum Gasteiger partial charge on any atom is 0.223 e. The van der Waals surface area contributed by atoms with E-state index in [1.165, 1.54) is 11.1 Å². The first-order valence-electron chi connectivity index (χ1n) is 5.65. The molecule has 1 aliphatic rings. The fourth-order valence-electron chi connectivity index (χ4n) is 1.85. The van der Waals surface area contributed by atoms with Crippen LogP contribution in [0.15, 0.2) is 42.5 Å². The van der Waals surface area contributed by atoms with E-state index in [9.17, 15) is 4.79 Å². The van der Waals surface area contributed by atoms with Crippen LogP contribution in [-0.4, -0.2) is 23.9 Å². The standard InChI is InChI=1S/C14H17NO/c1-11-10-13(11)15(2)14(16)9-8-12-6-4-3-5-7-12/h3-7,13H,1,8-10H2,2H3. The van der Waals surface area contributed by atoms with Crippen LogP contribution in [-0.2, 0) is 11.2 Å². The monoisotopic (exact) mass is 215 g/mol. The summed E-state index contributed by atoms with van der Waals surface area (Å²) in [5, 5.41) is 0. The minimum Gasteiger partial charge on any atom is -0.339 e. The number of amides is 1. The van der Waals surface area contributed by atoms with Gasteiger partial charge in [0.25, 0.3) is 0 Å². The van der Waals surface area contributed by atoms with E-state index in [0.29, 0.717) is 12.5 Å². The van der Waals surface area contributed by atoms with Gasteiger partial charge in [-0.25, -0.2) is 0 Å². The molecule has 1 saturated carbocycles. The van der Waals surface area contributed by atoms with Gasteiger partial charge < -0.3 is 4.90 Å². The Hall–Kier alpha value is -1.57. The van der Waals surface area contributed by atoms with Crippen molar-refractivity contribution in [3.05, 3.63) is 48.0 Å². The molecule has 0 saturated heterocycles. The maximum atomic E-state index is 11.8. The lowest BCUT2D eigenvalue weighted by molar-refractivity contribution is -0.130. The quantitative estimate of drug-likeness (QED) is 0.706. The zero-order valence-electron chi connectivity index (χ0n) is 9.65. The van der Waals surface area contributed by atoms with Gasteiger partial charge in [-0.1, -0.05) is 42.5 Å². The van der Waals surface area contributed by atoms with Gasteiger partial charge >= 0.3 is 0 Å². The van der Waals surface area contributed by atoms with E-state index < -0.39 is 0 Å². The van der Waals surface area contributed by atoms with Gasteiger partial charge in [-0.15, -0.1) is 0 Å². The van der Waals surface area contributed by atoms with E-state index in [1.54, 1.807) is 0 Å². The topological polar surface area (TPSA) is 20.3 Å². The minimum atomic E-state index is 0.215. The van der Waals surface area contributed by atoms with Crippen LogP contribution in [0.25, 0.3) is 0 Å². The van der Waals surface area contributed by atoms with E-state index in [2.05, 4.69) is 18.7 Å². The molecule has 0 heterocycles. The molecule has 1 amide bonds. The first-order valence-corrected chi connectivity index (χ1v) is 5.65. The Morgan fingerprint density at radius 3 is 2.62 bits per heavy atom. The largest absolute Gasteiger partial charge is 0.339 e. The van der Waals surface area contributed by atoms with E-state index in [4.69, 9.17) is 0 Å². The zero-order valence-corrected chi connectivity index (χ0v) is 9.65. The molecular weight excluding hydrogens is 198 g/mol. The number of aryl methyl sites for hydroxylation is 1. The SMILES string of the molecule is C=C1CC1N(C)C(=O)CCc1ccccc1. The van der Waals surface area contributed by atoms with Gasteiger partial charge in [0.2, 0.25) is 5.91 Å². The van der Waals surface area contributed by atoms with Crippen LogP contribution in [0, 0.1) is 0 Å². The smallest absolute Gasteiger partial charge is 0.223 e. The lowest BCUT2D eigenvalue weighted by Crippen LogP contribution is -2.29. The Morgan fingerprint density at radius 1 is 1.44 bits per heavy atom. The zero-order chi connectivity index (χ0) is 11.5. The van der Waals surface area contributed by atoms with Crippen LogP contribution in [0.5, 0.6) is 0 Å². The summed E-state index contributed by atoms with van der Waals surface area (Å²) in [4.78, 5) is 13.7. The van der Waals surface area contributed by atoms with Crippen LogP contribution in [0.2, 0.25) is 0 Å². The molecule has 2 rings (SSSR count). The summed E-state index contributed by atoms with van der Waals surface area (Å²) in [6.45, 7) is 3.88. The summed E-state index contributed by atoms with van der Waals surface area (Å²) < 4.78 is 0. The van der Waals surface area contributed by atoms with E-state index in [1.807, 2.05) is 30.1 Å². The van der Waals surface area contributed by atoms with Crippen molar-refractivity contribution < 1.29 is 4.79 Å². The van der Waals surface area contributed by atoms with Crippen LogP contribution in [0.1, 0.15) is 18.4 Å². The van der Waals surface area contributed by atoms with Crippen LogP contribution < -0.4 is 0 Å². The number of benzene rings is 1. The average Bonchev–Trinajstić information content (AvgIpc) is 3.03. The van der Waals surface area contributed by atoms with Gasteiger partial charge in [0.05, 0.1) is 6.04 Å². The molecule has 0 radical (unpaired) electrons. The van der Waals surface area contributed by atoms with Gasteiger partial charge in [0, 0.05) is 13.5 Å². The third-order valence-electron chi connectivity index (χ3n) is 3.10. The van der Waals surface area contributed by atoms with Crippen molar-refractivity contribution in [2.75, 3.05) is 7.05 Å². The first kappa shape index (κ1) is 10.9. The average molecular weight is 215 g/mol. The molecule has 16 heavy (non-hydrogen) atoms. The van der Waals surface area contributed by atoms with Crippen molar-refractivity contribution in [1.82, 2.24) is 4.90 Å². The fraction of sp³-hybridized carbons (Fsp3) is 0.357. The summed E-state index contributed by atoms with van der Waals surface area (Å²) in [7, 11) is 1.87. The first-order chi connectivity index (χ1) is 7.68. The van der Waals surface area contributed by atoms with Gasteiger partial charge in [-0.3, -0.25) is 4.79 Å². The number of rotatable bonds is 4. The van der Waals surface area contributed by atoms with E-state index in [-0.39, 0.29) is 5.91 Å². The van der Waals surface area contributed by atoms with Crippen molar-refractivity contribution in [2.45, 2.75) is 25.3 Å². The molecule has 0 spiro atoms. The molecular formula is C14H17NO. The number of likely N-dealkylation sites (N-methyl/N-ethyl adjacent to an activating group) is 1. The number of nitrogens with zero attached hydrogens (tertiary/aromatic N) is 1. The van der Waals surface area contributed by atoms with Crippen molar-refractivity contribution in [1.29, 1.82) is 0 Å². The highest BCUT2D eigenvalue weighted by atomic mass is 16.2. The van der Waals surface area contributed by atoms with E-state index in [0.717, 1.165) is 12.8 Å². The summed E-state index contributed by atoms with van der Waals surface area (Å²) in [5.41, 5.74) is 2.40. The summed E-state index contributed by atoms with van der Waals surface area (Å²) in [6.07, 6.45) is 2.39. The molecule has 1 unspecified atom stereocenters. The van der Waals surface area contributed by atoms with Gasteiger partial charge in [0.15, 0.2) is 0 Å². The highest BCUT2D eigenvalue weighted by Gasteiger charge is 2.33. The second kappa shape index (κ2) is 4.52. The lowest BCUT2D eigenvalue weighted by Gasteiger charge is -2.15. The van der Waals surface area contributed by atoms with Crippen LogP contribution in [0.3, 0.4) is 0 Å². The third-order valence-corrected chi connectivity index (χ3v) is 3.10. The fourth-order valence-corrected chi connectivity index (χ4v) is 1.85. The molecule has 0 aromatic heterocycles. The van der Waals surface area contributed by atoms with E-state index >= 15 is 0 Å². The molecule has 1 fully saturated rings. The minimum absolute atomic E-state index is 0.215. The highest BCUT2D eigenvalue weighted by Crippen LogP contribution is 2.32. The Balaban J connectivity index is 1.82. The number of carbonyl (C=O) groups is 1. The number of carbonyl (C=O) groups excluding carboxylic acids is 1. The van der Waals surface area contributed by atoms with Crippen molar-refractivity contribution >= 4 is 5.91 Å². The van der Waals surface area contributed by atoms with Crippen molar-refractivity contribution in [3.8, 4) is 0 Å². The Labute approximate surface area is 96.6 Å². The lowest BCUT2D eigenvalue weighted by atomic mass is 10.1. The van der Waals surface area contributed by atoms with Gasteiger partial charge in [-0.2, -0.15) is 0 Å². The molecule has 0 bridgehead atoms. The second-order valence-corrected chi connectivity index (χ2v) is 4.37. The molecule has 1 aliphatic carbocycles. The molecule has 2 nitrogen and oxygen atoms in total. The Bertz CT molecular complexity index is 396. The molecule has 2 heteroatoms. The molecule has 0 N–H and O–H groups in total. The van der Waals surface area contributed by atoms with Crippen molar-refractivity contribution in [3.63, 3.8) is 0 Å². The van der Waals surface area contributed by atoms with Gasteiger partial charge in [0.1, 0.15) is 0 Å². The summed E-state index contributed by atoms with van der Waals surface area (Å²) in [6, 6.07) is 10.4. The maximum absolute atomic E-state index is 11.8. The Kier molecular flexibility index (Phi) is 3.09. The third kappa shape index (κ3) is 2.51. The number of hydrogen-bond donors (Lipinski definition) is 0. The highest BCUT2D eigenvalue weighted by molar-refractivity contribution is 5.77. The van der Waals surface area contributed by atoms with Crippen LogP contribution >= 0.6 is 0 Å². The normalized spacial score (nSPS) is 18.3. The molecule has 84 valence electrons. The Morgan fingerprint density at radius 2 is 2.06 bits per heavy atom. The predicted octanol–water partition coefficient (Wildman–Crippen LogP) is 2.41. The van der Waals surface area contributed by atoms with Crippen molar-refractivity contribution in [2.24, 2.45) is 0 Å². The van der Waals surface area contributed by atoms with Crippen LogP contribution in [0.4, 0.5) is 0 Å². The summed E-state index contributed by atoms with van der Waals surface area (Å²) in [5.74, 6) is 0.215. The molecule has 1 atom stereocenters.